The lowest BCUT2D eigenvalue weighted by atomic mass is 10.1. The number of phenolic OH excluding ortho intramolecular Hbond substituents is 2. The van der Waals surface area contributed by atoms with Crippen molar-refractivity contribution in [3.63, 3.8) is 0 Å². The zero-order valence-corrected chi connectivity index (χ0v) is 8.87. The molecule has 0 saturated heterocycles. The van der Waals surface area contributed by atoms with Crippen LogP contribution in [0.4, 0.5) is 0 Å². The summed E-state index contributed by atoms with van der Waals surface area (Å²) in [6.07, 6.45) is 3.96. The Morgan fingerprint density at radius 1 is 1.12 bits per heavy atom. The lowest BCUT2D eigenvalue weighted by molar-refractivity contribution is 0.00216. The molecule has 16 heavy (non-hydrogen) atoms. The van der Waals surface area contributed by atoms with E-state index in [4.69, 9.17) is 15.3 Å². The molecule has 0 heterocycles. The average Bonchev–Trinajstić information content (AvgIpc) is 2.22. The molecule has 0 spiro atoms. The highest BCUT2D eigenvalue weighted by Gasteiger charge is 1.99. The summed E-state index contributed by atoms with van der Waals surface area (Å²) in [5, 5.41) is 35.4. The van der Waals surface area contributed by atoms with Crippen LogP contribution in [-0.4, -0.2) is 26.7 Å². The first-order valence-corrected chi connectivity index (χ1v) is 5.13. The van der Waals surface area contributed by atoms with Crippen LogP contribution in [-0.2, 0) is 6.42 Å². The number of unbranched alkanes of at least 4 members (excludes halogenated alkanes) is 1. The molecule has 0 aliphatic heterocycles. The van der Waals surface area contributed by atoms with Crippen molar-refractivity contribution in [2.24, 2.45) is 0 Å². The maximum absolute atomic E-state index is 9.25. The van der Waals surface area contributed by atoms with Gasteiger partial charge in [-0.15, -0.1) is 0 Å². The molecule has 1 aromatic carbocycles. The minimum absolute atomic E-state index is 0.112. The van der Waals surface area contributed by atoms with Crippen LogP contribution in [0.15, 0.2) is 30.4 Å². The SMILES string of the molecule is Oc1ccc(CCCC=CC(O)O)cc1O. The van der Waals surface area contributed by atoms with Gasteiger partial charge in [0.2, 0.25) is 0 Å². The van der Waals surface area contributed by atoms with Crippen LogP contribution < -0.4 is 0 Å². The first kappa shape index (κ1) is 12.5. The zero-order valence-electron chi connectivity index (χ0n) is 8.87. The zero-order chi connectivity index (χ0) is 12.0. The van der Waals surface area contributed by atoms with E-state index in [-0.39, 0.29) is 11.5 Å². The third-order valence-electron chi connectivity index (χ3n) is 2.18. The largest absolute Gasteiger partial charge is 0.504 e. The Kier molecular flexibility index (Phi) is 4.82. The number of benzene rings is 1. The molecule has 0 atom stereocenters. The first-order valence-electron chi connectivity index (χ1n) is 5.13. The van der Waals surface area contributed by atoms with Gasteiger partial charge in [0.05, 0.1) is 0 Å². The van der Waals surface area contributed by atoms with Gasteiger partial charge in [0.25, 0.3) is 0 Å². The fourth-order valence-electron chi connectivity index (χ4n) is 1.37. The van der Waals surface area contributed by atoms with Crippen LogP contribution >= 0.6 is 0 Å². The molecule has 0 amide bonds. The Balaban J connectivity index is 2.35. The Bertz CT molecular complexity index is 358. The number of aliphatic hydroxyl groups is 2. The van der Waals surface area contributed by atoms with E-state index in [0.29, 0.717) is 0 Å². The molecule has 0 bridgehead atoms. The van der Waals surface area contributed by atoms with E-state index < -0.39 is 6.29 Å². The van der Waals surface area contributed by atoms with E-state index in [1.54, 1.807) is 12.1 Å². The van der Waals surface area contributed by atoms with Crippen molar-refractivity contribution in [2.75, 3.05) is 0 Å². The predicted molar refractivity (Wildman–Crippen MR) is 60.1 cm³/mol. The Morgan fingerprint density at radius 2 is 1.88 bits per heavy atom. The number of aliphatic hydroxyl groups excluding tert-OH is 1. The Morgan fingerprint density at radius 3 is 2.50 bits per heavy atom. The predicted octanol–water partition coefficient (Wildman–Crippen LogP) is 1.29. The monoisotopic (exact) mass is 224 g/mol. The van der Waals surface area contributed by atoms with Crippen molar-refractivity contribution in [1.82, 2.24) is 0 Å². The van der Waals surface area contributed by atoms with Gasteiger partial charge in [0.15, 0.2) is 17.8 Å². The quantitative estimate of drug-likeness (QED) is 0.263. The number of aryl methyl sites for hydroxylation is 1. The third-order valence-corrected chi connectivity index (χ3v) is 2.18. The normalized spacial score (nSPS) is 11.4. The highest BCUT2D eigenvalue weighted by molar-refractivity contribution is 5.40. The van der Waals surface area contributed by atoms with Gasteiger partial charge in [-0.05, 0) is 43.0 Å². The van der Waals surface area contributed by atoms with Crippen LogP contribution in [0.3, 0.4) is 0 Å². The molecule has 88 valence electrons. The van der Waals surface area contributed by atoms with Crippen LogP contribution in [0.1, 0.15) is 18.4 Å². The second-order valence-electron chi connectivity index (χ2n) is 3.56. The van der Waals surface area contributed by atoms with Crippen molar-refractivity contribution in [2.45, 2.75) is 25.6 Å². The van der Waals surface area contributed by atoms with E-state index in [0.717, 1.165) is 24.8 Å². The fourth-order valence-corrected chi connectivity index (χ4v) is 1.37. The minimum atomic E-state index is -1.39. The number of hydrogen-bond donors (Lipinski definition) is 4. The molecule has 0 aliphatic carbocycles. The summed E-state index contributed by atoms with van der Waals surface area (Å²) in [4.78, 5) is 0. The van der Waals surface area contributed by atoms with Crippen molar-refractivity contribution >= 4 is 0 Å². The lowest BCUT2D eigenvalue weighted by Crippen LogP contribution is -1.97. The summed E-state index contributed by atoms with van der Waals surface area (Å²) in [5.74, 6) is -0.231. The molecule has 0 fully saturated rings. The van der Waals surface area contributed by atoms with E-state index in [9.17, 15) is 5.11 Å². The molecule has 4 heteroatoms. The number of phenols is 2. The first-order chi connectivity index (χ1) is 7.59. The number of aromatic hydroxyl groups is 2. The summed E-state index contributed by atoms with van der Waals surface area (Å²) >= 11 is 0. The van der Waals surface area contributed by atoms with Crippen LogP contribution in [0.5, 0.6) is 11.5 Å². The molecular formula is C12H16O4. The highest BCUT2D eigenvalue weighted by Crippen LogP contribution is 2.25. The molecule has 0 aliphatic rings. The number of rotatable bonds is 5. The summed E-state index contributed by atoms with van der Waals surface area (Å²) in [5.41, 5.74) is 0.938. The molecule has 4 N–H and O–H groups in total. The Labute approximate surface area is 94.1 Å². The van der Waals surface area contributed by atoms with Crippen LogP contribution in [0, 0.1) is 0 Å². The van der Waals surface area contributed by atoms with Crippen molar-refractivity contribution in [1.29, 1.82) is 0 Å². The average molecular weight is 224 g/mol. The molecule has 0 aromatic heterocycles. The van der Waals surface area contributed by atoms with E-state index >= 15 is 0 Å². The van der Waals surface area contributed by atoms with Gasteiger partial charge < -0.3 is 20.4 Å². The van der Waals surface area contributed by atoms with Gasteiger partial charge in [0.1, 0.15) is 0 Å². The van der Waals surface area contributed by atoms with Crippen molar-refractivity contribution < 1.29 is 20.4 Å². The Hall–Kier alpha value is -1.52. The lowest BCUT2D eigenvalue weighted by Gasteiger charge is -2.02. The number of allylic oxidation sites excluding steroid dienone is 1. The third kappa shape index (κ3) is 4.33. The summed E-state index contributed by atoms with van der Waals surface area (Å²) in [7, 11) is 0. The van der Waals surface area contributed by atoms with Gasteiger partial charge in [-0.25, -0.2) is 0 Å². The summed E-state index contributed by atoms with van der Waals surface area (Å²) in [6, 6.07) is 4.73. The molecule has 0 radical (unpaired) electrons. The van der Waals surface area contributed by atoms with Gasteiger partial charge in [0, 0.05) is 0 Å². The van der Waals surface area contributed by atoms with Gasteiger partial charge in [-0.2, -0.15) is 0 Å². The van der Waals surface area contributed by atoms with Gasteiger partial charge >= 0.3 is 0 Å². The van der Waals surface area contributed by atoms with Crippen molar-refractivity contribution in [3.8, 4) is 11.5 Å². The maximum atomic E-state index is 9.25. The van der Waals surface area contributed by atoms with Crippen molar-refractivity contribution in [3.05, 3.63) is 35.9 Å². The molecule has 4 nitrogen and oxygen atoms in total. The molecule has 0 saturated carbocycles. The highest BCUT2D eigenvalue weighted by atomic mass is 16.5. The topological polar surface area (TPSA) is 80.9 Å². The van der Waals surface area contributed by atoms with E-state index in [2.05, 4.69) is 0 Å². The summed E-state index contributed by atoms with van der Waals surface area (Å²) in [6.45, 7) is 0. The standard InChI is InChI=1S/C12H16O4/c13-10-7-6-9(8-11(10)14)4-2-1-3-5-12(15)16/h3,5-8,12-16H,1-2,4H2. The van der Waals surface area contributed by atoms with Gasteiger partial charge in [-0.1, -0.05) is 12.1 Å². The van der Waals surface area contributed by atoms with Crippen LogP contribution in [0.25, 0.3) is 0 Å². The second kappa shape index (κ2) is 6.15. The van der Waals surface area contributed by atoms with Gasteiger partial charge in [-0.3, -0.25) is 0 Å². The fraction of sp³-hybridized carbons (Fsp3) is 0.333. The van der Waals surface area contributed by atoms with Crippen LogP contribution in [0.2, 0.25) is 0 Å². The minimum Gasteiger partial charge on any atom is -0.504 e. The number of hydrogen-bond acceptors (Lipinski definition) is 4. The molecule has 1 rings (SSSR count). The second-order valence-corrected chi connectivity index (χ2v) is 3.56. The molecule has 1 aromatic rings. The van der Waals surface area contributed by atoms with E-state index in [1.807, 2.05) is 0 Å². The smallest absolute Gasteiger partial charge is 0.171 e. The summed E-state index contributed by atoms with van der Waals surface area (Å²) < 4.78 is 0. The molecular weight excluding hydrogens is 208 g/mol. The molecule has 0 unspecified atom stereocenters. The van der Waals surface area contributed by atoms with E-state index in [1.165, 1.54) is 18.2 Å². The maximum Gasteiger partial charge on any atom is 0.171 e.